The van der Waals surface area contributed by atoms with Gasteiger partial charge in [0.2, 0.25) is 0 Å². The summed E-state index contributed by atoms with van der Waals surface area (Å²) in [5.74, 6) is 1.29. The molecule has 2 atom stereocenters. The van der Waals surface area contributed by atoms with Crippen LogP contribution >= 0.6 is 11.6 Å². The van der Waals surface area contributed by atoms with Gasteiger partial charge >= 0.3 is 0 Å². The summed E-state index contributed by atoms with van der Waals surface area (Å²) in [4.78, 5) is 12.3. The molecule has 2 unspecified atom stereocenters. The third kappa shape index (κ3) is 2.49. The number of rotatable bonds is 3. The molecule has 102 valence electrons. The van der Waals surface area contributed by atoms with E-state index in [9.17, 15) is 4.79 Å². The van der Waals surface area contributed by atoms with Crippen LogP contribution in [0.25, 0.3) is 0 Å². The zero-order chi connectivity index (χ0) is 13.4. The van der Waals surface area contributed by atoms with Crippen LogP contribution in [0.1, 0.15) is 24.5 Å². The van der Waals surface area contributed by atoms with Gasteiger partial charge in [0.25, 0.3) is 0 Å². The van der Waals surface area contributed by atoms with E-state index in [4.69, 9.17) is 21.1 Å². The van der Waals surface area contributed by atoms with Crippen LogP contribution in [0.5, 0.6) is 5.75 Å². The minimum Gasteiger partial charge on any atom is -0.493 e. The largest absolute Gasteiger partial charge is 0.493 e. The number of hydrogen-bond acceptors (Lipinski definition) is 3. The fourth-order valence-electron chi connectivity index (χ4n) is 2.87. The first kappa shape index (κ1) is 12.9. The van der Waals surface area contributed by atoms with Crippen LogP contribution < -0.4 is 4.74 Å². The first-order chi connectivity index (χ1) is 9.15. The Morgan fingerprint density at radius 1 is 1.42 bits per heavy atom. The van der Waals surface area contributed by atoms with Crippen molar-refractivity contribution < 1.29 is 14.3 Å². The number of halogens is 1. The number of ether oxygens (including phenoxy) is 2. The Labute approximate surface area is 117 Å². The molecule has 0 aliphatic carbocycles. The monoisotopic (exact) mass is 280 g/mol. The Morgan fingerprint density at radius 3 is 3.00 bits per heavy atom. The van der Waals surface area contributed by atoms with Crippen molar-refractivity contribution in [3.05, 3.63) is 28.3 Å². The molecule has 0 bridgehead atoms. The quantitative estimate of drug-likeness (QED) is 0.854. The predicted molar refractivity (Wildman–Crippen MR) is 72.9 cm³/mol. The average Bonchev–Trinajstić information content (AvgIpc) is 2.97. The molecule has 0 spiro atoms. The van der Waals surface area contributed by atoms with Gasteiger partial charge in [0.05, 0.1) is 6.61 Å². The summed E-state index contributed by atoms with van der Waals surface area (Å²) in [5.41, 5.74) is 2.00. The lowest BCUT2D eigenvalue weighted by molar-refractivity contribution is -0.128. The van der Waals surface area contributed by atoms with Crippen LogP contribution in [-0.4, -0.2) is 25.1 Å². The summed E-state index contributed by atoms with van der Waals surface area (Å²) in [6.45, 7) is 3.42. The van der Waals surface area contributed by atoms with Crippen LogP contribution in [0.3, 0.4) is 0 Å². The normalized spacial score (nSPS) is 25.2. The Morgan fingerprint density at radius 2 is 2.26 bits per heavy atom. The number of carbonyl (C=O) groups is 1. The topological polar surface area (TPSA) is 35.5 Å². The third-order valence-corrected chi connectivity index (χ3v) is 4.11. The van der Waals surface area contributed by atoms with Gasteiger partial charge in [-0.15, -0.1) is 0 Å². The van der Waals surface area contributed by atoms with Crippen LogP contribution in [0.4, 0.5) is 0 Å². The summed E-state index contributed by atoms with van der Waals surface area (Å²) in [6, 6.07) is 3.76. The molecule has 1 aromatic carbocycles. The fraction of sp³-hybridized carbons (Fsp3) is 0.533. The van der Waals surface area contributed by atoms with Crippen molar-refractivity contribution in [3.63, 3.8) is 0 Å². The molecule has 3 rings (SSSR count). The summed E-state index contributed by atoms with van der Waals surface area (Å²) in [5, 5.41) is 0.674. The molecule has 3 nitrogen and oxygen atoms in total. The van der Waals surface area contributed by atoms with E-state index < -0.39 is 0 Å². The lowest BCUT2D eigenvalue weighted by Gasteiger charge is -2.14. The van der Waals surface area contributed by atoms with Gasteiger partial charge in [-0.3, -0.25) is 4.79 Å². The number of benzene rings is 1. The molecule has 2 aliphatic heterocycles. The number of hydrogen-bond donors (Lipinski definition) is 0. The standard InChI is InChI=1S/C15H17ClO3/c1-9-2-4-18-14(9)13(17)8-11-7-12(16)6-10-3-5-19-15(10)11/h6-7,9,14H,2-5,8H2,1H3. The summed E-state index contributed by atoms with van der Waals surface area (Å²) in [7, 11) is 0. The van der Waals surface area contributed by atoms with E-state index in [1.165, 1.54) is 0 Å². The SMILES string of the molecule is CC1CCOC1C(=O)Cc1cc(Cl)cc2c1OCC2. The maximum Gasteiger partial charge on any atom is 0.166 e. The minimum atomic E-state index is -0.268. The van der Waals surface area contributed by atoms with Crippen LogP contribution in [0.2, 0.25) is 5.02 Å². The van der Waals surface area contributed by atoms with Gasteiger partial charge in [-0.25, -0.2) is 0 Å². The number of Topliss-reactive ketones (excluding diaryl/α,β-unsaturated/α-hetero) is 1. The highest BCUT2D eigenvalue weighted by molar-refractivity contribution is 6.30. The van der Waals surface area contributed by atoms with Gasteiger partial charge in [-0.05, 0) is 30.0 Å². The van der Waals surface area contributed by atoms with Crippen molar-refractivity contribution >= 4 is 17.4 Å². The van der Waals surface area contributed by atoms with E-state index >= 15 is 0 Å². The molecule has 0 amide bonds. The smallest absolute Gasteiger partial charge is 0.166 e. The minimum absolute atomic E-state index is 0.130. The Balaban J connectivity index is 1.82. The molecule has 2 heterocycles. The van der Waals surface area contributed by atoms with Crippen molar-refractivity contribution in [1.82, 2.24) is 0 Å². The van der Waals surface area contributed by atoms with E-state index in [2.05, 4.69) is 6.92 Å². The van der Waals surface area contributed by atoms with Gasteiger partial charge in [0, 0.05) is 30.0 Å². The number of ketones is 1. The summed E-state index contributed by atoms with van der Waals surface area (Å²) in [6.07, 6.45) is 1.90. The third-order valence-electron chi connectivity index (χ3n) is 3.89. The molecule has 2 aliphatic rings. The average molecular weight is 281 g/mol. The van der Waals surface area contributed by atoms with E-state index in [1.54, 1.807) is 0 Å². The Bertz CT molecular complexity index is 512. The van der Waals surface area contributed by atoms with E-state index in [-0.39, 0.29) is 11.9 Å². The molecule has 0 aromatic heterocycles. The lowest BCUT2D eigenvalue weighted by Crippen LogP contribution is -2.26. The van der Waals surface area contributed by atoms with Crippen molar-refractivity contribution in [2.75, 3.05) is 13.2 Å². The van der Waals surface area contributed by atoms with Gasteiger partial charge in [0.15, 0.2) is 5.78 Å². The second-order valence-electron chi connectivity index (χ2n) is 5.35. The molecule has 0 N–H and O–H groups in total. The van der Waals surface area contributed by atoms with Crippen molar-refractivity contribution in [2.45, 2.75) is 32.3 Å². The molecule has 1 saturated heterocycles. The van der Waals surface area contributed by atoms with Gasteiger partial charge in [-0.1, -0.05) is 18.5 Å². The Kier molecular flexibility index (Phi) is 3.50. The summed E-state index contributed by atoms with van der Waals surface area (Å²) < 4.78 is 11.1. The predicted octanol–water partition coefficient (Wildman–Crippen LogP) is 2.81. The van der Waals surface area contributed by atoms with Crippen molar-refractivity contribution in [2.24, 2.45) is 5.92 Å². The highest BCUT2D eigenvalue weighted by atomic mass is 35.5. The number of fused-ring (bicyclic) bond motifs is 1. The molecule has 1 fully saturated rings. The van der Waals surface area contributed by atoms with Crippen LogP contribution in [-0.2, 0) is 22.4 Å². The van der Waals surface area contributed by atoms with E-state index in [1.807, 2.05) is 12.1 Å². The summed E-state index contributed by atoms with van der Waals surface area (Å²) >= 11 is 6.10. The molecule has 4 heteroatoms. The van der Waals surface area contributed by atoms with Crippen LogP contribution in [0, 0.1) is 5.92 Å². The van der Waals surface area contributed by atoms with Crippen molar-refractivity contribution in [3.8, 4) is 5.75 Å². The van der Waals surface area contributed by atoms with E-state index in [0.717, 1.165) is 29.7 Å². The fourth-order valence-corrected chi connectivity index (χ4v) is 3.14. The van der Waals surface area contributed by atoms with Gasteiger partial charge < -0.3 is 9.47 Å². The highest BCUT2D eigenvalue weighted by Gasteiger charge is 2.31. The lowest BCUT2D eigenvalue weighted by atomic mass is 9.95. The second kappa shape index (κ2) is 5.14. The van der Waals surface area contributed by atoms with Crippen molar-refractivity contribution in [1.29, 1.82) is 0 Å². The molecular weight excluding hydrogens is 264 g/mol. The first-order valence-electron chi connectivity index (χ1n) is 6.73. The van der Waals surface area contributed by atoms with E-state index in [0.29, 0.717) is 30.6 Å². The maximum atomic E-state index is 12.3. The van der Waals surface area contributed by atoms with Crippen LogP contribution in [0.15, 0.2) is 12.1 Å². The zero-order valence-electron chi connectivity index (χ0n) is 10.9. The number of carbonyl (C=O) groups excluding carboxylic acids is 1. The second-order valence-corrected chi connectivity index (χ2v) is 5.79. The molecule has 19 heavy (non-hydrogen) atoms. The highest BCUT2D eigenvalue weighted by Crippen LogP contribution is 2.34. The Hall–Kier alpha value is -1.06. The molecule has 0 radical (unpaired) electrons. The first-order valence-corrected chi connectivity index (χ1v) is 7.11. The van der Waals surface area contributed by atoms with Gasteiger partial charge in [-0.2, -0.15) is 0 Å². The molecule has 0 saturated carbocycles. The maximum absolute atomic E-state index is 12.3. The molecule has 1 aromatic rings. The van der Waals surface area contributed by atoms with Gasteiger partial charge in [0.1, 0.15) is 11.9 Å². The molecular formula is C15H17ClO3. The zero-order valence-corrected chi connectivity index (χ0v) is 11.7.